The molecular weight excluding hydrogens is 400 g/mol. The second-order valence-corrected chi connectivity index (χ2v) is 9.83. The van der Waals surface area contributed by atoms with E-state index in [1.165, 1.54) is 18.4 Å². The summed E-state index contributed by atoms with van der Waals surface area (Å²) in [4.78, 5) is 19.5. The zero-order chi connectivity index (χ0) is 22.5. The molecule has 0 bridgehead atoms. The molecule has 0 spiro atoms. The molecular formula is C26H38N4O2. The fraction of sp³-hybridized carbons (Fsp3) is 0.654. The average Bonchev–Trinajstić information content (AvgIpc) is 3.26. The third kappa shape index (κ3) is 5.28. The van der Waals surface area contributed by atoms with E-state index in [1.54, 1.807) is 0 Å². The van der Waals surface area contributed by atoms with Crippen LogP contribution in [0.15, 0.2) is 24.3 Å². The molecule has 2 N–H and O–H groups in total. The third-order valence-corrected chi connectivity index (χ3v) is 7.26. The lowest BCUT2D eigenvalue weighted by molar-refractivity contribution is -0.0591. The first-order chi connectivity index (χ1) is 15.6. The predicted octanol–water partition coefficient (Wildman–Crippen LogP) is 2.48. The van der Waals surface area contributed by atoms with Gasteiger partial charge < -0.3 is 15.3 Å². The van der Waals surface area contributed by atoms with Crippen LogP contribution in [-0.2, 0) is 0 Å². The van der Waals surface area contributed by atoms with E-state index in [4.69, 9.17) is 0 Å². The highest BCUT2D eigenvalue weighted by Gasteiger charge is 2.49. The molecule has 4 rings (SSSR count). The van der Waals surface area contributed by atoms with Crippen LogP contribution in [0, 0.1) is 11.8 Å². The highest BCUT2D eigenvalue weighted by Crippen LogP contribution is 2.42. The molecule has 0 aromatic heterocycles. The van der Waals surface area contributed by atoms with Crippen LogP contribution in [0.5, 0.6) is 0 Å². The van der Waals surface area contributed by atoms with Crippen molar-refractivity contribution in [1.29, 1.82) is 0 Å². The minimum absolute atomic E-state index is 0.0939. The quantitative estimate of drug-likeness (QED) is 0.709. The molecule has 3 atom stereocenters. The molecule has 3 aliphatic rings. The lowest BCUT2D eigenvalue weighted by Gasteiger charge is -2.57. The summed E-state index contributed by atoms with van der Waals surface area (Å²) in [5.41, 5.74) is 2.25. The molecule has 3 fully saturated rings. The maximum atomic E-state index is 13.0. The van der Waals surface area contributed by atoms with Gasteiger partial charge in [0.05, 0.1) is 13.2 Å². The van der Waals surface area contributed by atoms with Crippen molar-refractivity contribution in [2.24, 2.45) is 0 Å². The molecule has 0 unspecified atom stereocenters. The van der Waals surface area contributed by atoms with Crippen molar-refractivity contribution in [2.45, 2.75) is 62.6 Å². The summed E-state index contributed by atoms with van der Waals surface area (Å²) < 4.78 is 0. The SMILES string of the molecule is CN(C)CC#Cc1ccc([C@H]2[C@@H](CO)N3CCCCN(C(=O)NC4CCCC4)C[C@@H]23)cc1. The smallest absolute Gasteiger partial charge is 0.317 e. The highest BCUT2D eigenvalue weighted by molar-refractivity contribution is 5.74. The Kier molecular flexibility index (Phi) is 7.72. The van der Waals surface area contributed by atoms with Gasteiger partial charge in [-0.1, -0.05) is 36.8 Å². The van der Waals surface area contributed by atoms with Gasteiger partial charge in [0.2, 0.25) is 0 Å². The summed E-state index contributed by atoms with van der Waals surface area (Å²) in [6.45, 7) is 3.44. The molecule has 32 heavy (non-hydrogen) atoms. The number of amides is 2. The van der Waals surface area contributed by atoms with Gasteiger partial charge >= 0.3 is 6.03 Å². The maximum absolute atomic E-state index is 13.0. The van der Waals surface area contributed by atoms with Crippen molar-refractivity contribution in [2.75, 3.05) is 46.9 Å². The normalized spacial score (nSPS) is 26.5. The second kappa shape index (κ2) is 10.7. The van der Waals surface area contributed by atoms with Gasteiger partial charge in [-0.3, -0.25) is 9.80 Å². The van der Waals surface area contributed by atoms with Crippen LogP contribution in [0.2, 0.25) is 0 Å². The van der Waals surface area contributed by atoms with Crippen LogP contribution in [-0.4, -0.2) is 90.8 Å². The van der Waals surface area contributed by atoms with Crippen molar-refractivity contribution in [3.63, 3.8) is 0 Å². The Balaban J connectivity index is 1.46. The zero-order valence-corrected chi connectivity index (χ0v) is 19.6. The molecule has 6 nitrogen and oxygen atoms in total. The molecule has 2 amide bonds. The minimum Gasteiger partial charge on any atom is -0.395 e. The number of urea groups is 1. The van der Waals surface area contributed by atoms with Crippen molar-refractivity contribution in [1.82, 2.24) is 20.0 Å². The molecule has 1 aromatic carbocycles. The first-order valence-corrected chi connectivity index (χ1v) is 12.2. The Morgan fingerprint density at radius 3 is 2.53 bits per heavy atom. The number of fused-ring (bicyclic) bond motifs is 1. The maximum Gasteiger partial charge on any atom is 0.317 e. The van der Waals surface area contributed by atoms with Crippen molar-refractivity contribution >= 4 is 6.03 Å². The highest BCUT2D eigenvalue weighted by atomic mass is 16.3. The van der Waals surface area contributed by atoms with E-state index in [9.17, 15) is 9.90 Å². The second-order valence-electron chi connectivity index (χ2n) is 9.83. The fourth-order valence-corrected chi connectivity index (χ4v) is 5.55. The van der Waals surface area contributed by atoms with Crippen LogP contribution in [0.25, 0.3) is 0 Å². The van der Waals surface area contributed by atoms with Gasteiger partial charge in [0.25, 0.3) is 0 Å². The summed E-state index contributed by atoms with van der Waals surface area (Å²) in [6.07, 6.45) is 6.73. The molecule has 174 valence electrons. The number of aliphatic hydroxyl groups excluding tert-OH is 1. The van der Waals surface area contributed by atoms with E-state index in [0.717, 1.165) is 57.4 Å². The largest absolute Gasteiger partial charge is 0.395 e. The van der Waals surface area contributed by atoms with Gasteiger partial charge in [-0.05, 0) is 64.0 Å². The number of nitrogens with zero attached hydrogens (tertiary/aromatic N) is 3. The number of nitrogens with one attached hydrogen (secondary N) is 1. The van der Waals surface area contributed by atoms with Crippen molar-refractivity contribution in [3.8, 4) is 11.8 Å². The van der Waals surface area contributed by atoms with Crippen LogP contribution >= 0.6 is 0 Å². The Hall–Kier alpha value is -2.07. The number of aliphatic hydroxyl groups is 1. The standard InChI is InChI=1S/C26H38N4O2/c1-28(2)15-7-8-20-11-13-21(14-12-20)25-23-18-29(26(32)27-22-9-3-4-10-22)16-5-6-17-30(23)24(25)19-31/h11-14,22-25,31H,3-6,9-10,15-19H2,1-2H3,(H,27,32)/t23-,24+,25+/m0/s1. The summed E-state index contributed by atoms with van der Waals surface area (Å²) in [5, 5.41) is 13.4. The van der Waals surface area contributed by atoms with Crippen LogP contribution < -0.4 is 5.32 Å². The van der Waals surface area contributed by atoms with Crippen LogP contribution in [0.1, 0.15) is 55.6 Å². The van der Waals surface area contributed by atoms with E-state index in [2.05, 4.69) is 51.2 Å². The monoisotopic (exact) mass is 438 g/mol. The Morgan fingerprint density at radius 1 is 1.12 bits per heavy atom. The molecule has 1 aliphatic carbocycles. The van der Waals surface area contributed by atoms with Crippen molar-refractivity contribution in [3.05, 3.63) is 35.4 Å². The molecule has 2 aliphatic heterocycles. The molecule has 0 radical (unpaired) electrons. The number of benzene rings is 1. The summed E-state index contributed by atoms with van der Waals surface area (Å²) >= 11 is 0. The predicted molar refractivity (Wildman–Crippen MR) is 128 cm³/mol. The van der Waals surface area contributed by atoms with Gasteiger partial charge in [-0.2, -0.15) is 0 Å². The fourth-order valence-electron chi connectivity index (χ4n) is 5.55. The Morgan fingerprint density at radius 2 is 1.84 bits per heavy atom. The first-order valence-electron chi connectivity index (χ1n) is 12.2. The van der Waals surface area contributed by atoms with Crippen molar-refractivity contribution < 1.29 is 9.90 Å². The summed E-state index contributed by atoms with van der Waals surface area (Å²) in [7, 11) is 4.03. The molecule has 1 aromatic rings. The van der Waals surface area contributed by atoms with E-state index < -0.39 is 0 Å². The average molecular weight is 439 g/mol. The number of hydrogen-bond donors (Lipinski definition) is 2. The topological polar surface area (TPSA) is 59.1 Å². The number of carbonyl (C=O) groups is 1. The van der Waals surface area contributed by atoms with Gasteiger partial charge in [-0.25, -0.2) is 4.79 Å². The van der Waals surface area contributed by atoms with E-state index in [0.29, 0.717) is 6.04 Å². The lowest BCUT2D eigenvalue weighted by atomic mass is 9.74. The Bertz CT molecular complexity index is 822. The minimum atomic E-state index is 0.0939. The number of carbonyl (C=O) groups excluding carboxylic acids is 1. The zero-order valence-electron chi connectivity index (χ0n) is 19.6. The van der Waals surface area contributed by atoms with Gasteiger partial charge in [0, 0.05) is 42.7 Å². The summed E-state index contributed by atoms with van der Waals surface area (Å²) in [6, 6.07) is 9.31. The van der Waals surface area contributed by atoms with Gasteiger partial charge in [-0.15, -0.1) is 0 Å². The van der Waals surface area contributed by atoms with Gasteiger partial charge in [0.1, 0.15) is 0 Å². The third-order valence-electron chi connectivity index (χ3n) is 7.26. The first kappa shape index (κ1) is 23.1. The van der Waals surface area contributed by atoms with E-state index in [1.807, 2.05) is 19.0 Å². The lowest BCUT2D eigenvalue weighted by Crippen LogP contribution is -2.68. The van der Waals surface area contributed by atoms with E-state index in [-0.39, 0.29) is 30.6 Å². The van der Waals surface area contributed by atoms with Crippen LogP contribution in [0.4, 0.5) is 4.79 Å². The molecule has 2 heterocycles. The Labute approximate surface area is 192 Å². The number of hydrogen-bond acceptors (Lipinski definition) is 4. The molecule has 6 heteroatoms. The number of rotatable bonds is 4. The summed E-state index contributed by atoms with van der Waals surface area (Å²) in [5.74, 6) is 6.64. The van der Waals surface area contributed by atoms with Crippen LogP contribution in [0.3, 0.4) is 0 Å². The molecule has 2 saturated heterocycles. The van der Waals surface area contributed by atoms with E-state index >= 15 is 0 Å². The van der Waals surface area contributed by atoms with Gasteiger partial charge in [0.15, 0.2) is 0 Å². The molecule has 1 saturated carbocycles.